The second-order valence-corrected chi connectivity index (χ2v) is 11.3. The van der Waals surface area contributed by atoms with Gasteiger partial charge in [-0.1, -0.05) is 24.3 Å². The summed E-state index contributed by atoms with van der Waals surface area (Å²) in [6, 6.07) is 18.3. The molecule has 0 spiro atoms. The molecule has 4 aromatic rings. The Labute approximate surface area is 200 Å². The first kappa shape index (κ1) is 24.1. The summed E-state index contributed by atoms with van der Waals surface area (Å²) in [7, 11) is -3.36. The van der Waals surface area contributed by atoms with Gasteiger partial charge in [0.2, 0.25) is 0 Å². The smallest absolute Gasteiger partial charge is 0.387 e. The SMILES string of the molecule is CC(C)(O)c1cc(-c2ccc(-c3cccc(S(C)(=O)=O)c3)s2)n(-c2ccccc2OC(F)F)n1. The average Bonchev–Trinajstić information content (AvgIpc) is 3.40. The van der Waals surface area contributed by atoms with Crippen LogP contribution in [0.3, 0.4) is 0 Å². The zero-order valence-electron chi connectivity index (χ0n) is 18.6. The highest BCUT2D eigenvalue weighted by Gasteiger charge is 2.25. The standard InChI is InChI=1S/C24H22F2N2O4S2/c1-24(2,29)22-14-18(28(27-22)17-9-4-5-10-19(17)32-23(25)26)21-12-11-20(33-21)15-7-6-8-16(13-15)34(3,30)31/h4-14,23,29H,1-3H3. The molecule has 0 aliphatic heterocycles. The molecule has 0 radical (unpaired) electrons. The molecule has 0 unspecified atom stereocenters. The molecule has 2 heterocycles. The highest BCUT2D eigenvalue weighted by atomic mass is 32.2. The molecule has 4 rings (SSSR count). The quantitative estimate of drug-likeness (QED) is 0.359. The van der Waals surface area contributed by atoms with Crippen LogP contribution in [0.15, 0.2) is 71.6 Å². The maximum atomic E-state index is 13.0. The molecule has 178 valence electrons. The third-order valence-electron chi connectivity index (χ3n) is 5.05. The molecule has 2 aromatic carbocycles. The Balaban J connectivity index is 1.84. The Hall–Kier alpha value is -3.08. The van der Waals surface area contributed by atoms with Crippen LogP contribution in [0.1, 0.15) is 19.5 Å². The lowest BCUT2D eigenvalue weighted by Crippen LogP contribution is -2.16. The number of halogens is 2. The zero-order chi connectivity index (χ0) is 24.7. The number of alkyl halides is 2. The van der Waals surface area contributed by atoms with Gasteiger partial charge in [0.15, 0.2) is 15.6 Å². The number of hydrogen-bond donors (Lipinski definition) is 1. The molecule has 0 saturated carbocycles. The number of benzene rings is 2. The highest BCUT2D eigenvalue weighted by molar-refractivity contribution is 7.90. The summed E-state index contributed by atoms with van der Waals surface area (Å²) in [4.78, 5) is 1.78. The fourth-order valence-electron chi connectivity index (χ4n) is 3.38. The van der Waals surface area contributed by atoms with Crippen LogP contribution in [0.5, 0.6) is 5.75 Å². The minimum atomic E-state index is -3.36. The van der Waals surface area contributed by atoms with Crippen LogP contribution in [0.25, 0.3) is 26.7 Å². The van der Waals surface area contributed by atoms with E-state index in [1.807, 2.05) is 18.2 Å². The van der Waals surface area contributed by atoms with Gasteiger partial charge in [0.1, 0.15) is 11.3 Å². The van der Waals surface area contributed by atoms with Gasteiger partial charge in [-0.25, -0.2) is 13.1 Å². The van der Waals surface area contributed by atoms with Gasteiger partial charge in [0.05, 0.1) is 21.2 Å². The van der Waals surface area contributed by atoms with Crippen LogP contribution in [-0.2, 0) is 15.4 Å². The lowest BCUT2D eigenvalue weighted by molar-refractivity contribution is -0.0499. The monoisotopic (exact) mass is 504 g/mol. The first-order valence-electron chi connectivity index (χ1n) is 10.2. The molecule has 0 bridgehead atoms. The van der Waals surface area contributed by atoms with Crippen LogP contribution in [0, 0.1) is 0 Å². The molecule has 6 nitrogen and oxygen atoms in total. The van der Waals surface area contributed by atoms with E-state index in [0.29, 0.717) is 17.1 Å². The molecule has 34 heavy (non-hydrogen) atoms. The number of aliphatic hydroxyl groups is 1. The maximum Gasteiger partial charge on any atom is 0.387 e. The molecular weight excluding hydrogens is 482 g/mol. The molecule has 0 aliphatic carbocycles. The van der Waals surface area contributed by atoms with Crippen molar-refractivity contribution >= 4 is 21.2 Å². The number of thiophene rings is 1. The lowest BCUT2D eigenvalue weighted by atomic mass is 10.1. The summed E-state index contributed by atoms with van der Waals surface area (Å²) in [5, 5.41) is 15.0. The van der Waals surface area contributed by atoms with E-state index in [1.54, 1.807) is 50.2 Å². The minimum Gasteiger partial charge on any atom is -0.433 e. The fraction of sp³-hybridized carbons (Fsp3) is 0.208. The Kier molecular flexibility index (Phi) is 6.32. The average molecular weight is 505 g/mol. The van der Waals surface area contributed by atoms with Crippen LogP contribution < -0.4 is 4.74 Å². The molecular formula is C24H22F2N2O4S2. The van der Waals surface area contributed by atoms with E-state index >= 15 is 0 Å². The summed E-state index contributed by atoms with van der Waals surface area (Å²) in [6.07, 6.45) is 1.15. The summed E-state index contributed by atoms with van der Waals surface area (Å²) in [6.45, 7) is 0.160. The van der Waals surface area contributed by atoms with E-state index in [4.69, 9.17) is 4.74 Å². The topological polar surface area (TPSA) is 81.4 Å². The molecule has 0 fully saturated rings. The molecule has 2 aromatic heterocycles. The third-order valence-corrected chi connectivity index (χ3v) is 7.32. The molecule has 0 saturated heterocycles. The first-order valence-corrected chi connectivity index (χ1v) is 12.9. The minimum absolute atomic E-state index is 0.0539. The fourth-order valence-corrected chi connectivity index (χ4v) is 5.05. The van der Waals surface area contributed by atoms with E-state index in [-0.39, 0.29) is 10.6 Å². The molecule has 1 N–H and O–H groups in total. The van der Waals surface area contributed by atoms with Crippen LogP contribution >= 0.6 is 11.3 Å². The Morgan fingerprint density at radius 2 is 1.74 bits per heavy atom. The van der Waals surface area contributed by atoms with Crippen molar-refractivity contribution in [2.24, 2.45) is 0 Å². The van der Waals surface area contributed by atoms with Gasteiger partial charge in [0.25, 0.3) is 0 Å². The van der Waals surface area contributed by atoms with Gasteiger partial charge >= 0.3 is 6.61 Å². The zero-order valence-corrected chi connectivity index (χ0v) is 20.2. The van der Waals surface area contributed by atoms with Crippen LogP contribution in [0.2, 0.25) is 0 Å². The first-order chi connectivity index (χ1) is 15.9. The molecule has 10 heteroatoms. The van der Waals surface area contributed by atoms with E-state index in [1.165, 1.54) is 28.2 Å². The number of rotatable bonds is 7. The van der Waals surface area contributed by atoms with Crippen molar-refractivity contribution in [3.8, 4) is 32.4 Å². The van der Waals surface area contributed by atoms with Crippen molar-refractivity contribution in [1.82, 2.24) is 9.78 Å². The van der Waals surface area contributed by atoms with Gasteiger partial charge < -0.3 is 9.84 Å². The molecule has 0 aliphatic rings. The largest absolute Gasteiger partial charge is 0.433 e. The van der Waals surface area contributed by atoms with Crippen molar-refractivity contribution < 1.29 is 27.0 Å². The van der Waals surface area contributed by atoms with E-state index < -0.39 is 22.0 Å². The van der Waals surface area contributed by atoms with Gasteiger partial charge in [-0.3, -0.25) is 0 Å². The van der Waals surface area contributed by atoms with Crippen molar-refractivity contribution in [2.45, 2.75) is 31.0 Å². The Morgan fingerprint density at radius 3 is 2.41 bits per heavy atom. The van der Waals surface area contributed by atoms with Gasteiger partial charge in [0, 0.05) is 11.1 Å². The van der Waals surface area contributed by atoms with E-state index in [9.17, 15) is 22.3 Å². The van der Waals surface area contributed by atoms with E-state index in [2.05, 4.69) is 5.10 Å². The predicted molar refractivity (Wildman–Crippen MR) is 127 cm³/mol. The number of ether oxygens (including phenoxy) is 1. The van der Waals surface area contributed by atoms with E-state index in [0.717, 1.165) is 21.6 Å². The normalized spacial score (nSPS) is 12.3. The maximum absolute atomic E-state index is 13.0. The predicted octanol–water partition coefficient (Wildman–Crippen LogP) is 5.50. The molecule has 0 atom stereocenters. The Morgan fingerprint density at radius 1 is 1.03 bits per heavy atom. The van der Waals surface area contributed by atoms with Crippen molar-refractivity contribution in [1.29, 1.82) is 0 Å². The number of hydrogen-bond acceptors (Lipinski definition) is 6. The van der Waals surface area contributed by atoms with Crippen molar-refractivity contribution in [3.63, 3.8) is 0 Å². The summed E-state index contributed by atoms with van der Waals surface area (Å²) < 4.78 is 56.1. The second-order valence-electron chi connectivity index (χ2n) is 8.20. The summed E-state index contributed by atoms with van der Waals surface area (Å²) in [5.74, 6) is -0.0539. The highest BCUT2D eigenvalue weighted by Crippen LogP contribution is 2.39. The van der Waals surface area contributed by atoms with Gasteiger partial charge in [-0.2, -0.15) is 13.9 Å². The molecule has 0 amide bonds. The lowest BCUT2D eigenvalue weighted by Gasteiger charge is -2.14. The third kappa shape index (κ3) is 5.03. The number of para-hydroxylation sites is 2. The van der Waals surface area contributed by atoms with Crippen molar-refractivity contribution in [2.75, 3.05) is 6.26 Å². The van der Waals surface area contributed by atoms with Gasteiger partial charge in [-0.05, 0) is 61.9 Å². The number of sulfone groups is 1. The van der Waals surface area contributed by atoms with Crippen LogP contribution in [-0.4, -0.2) is 36.2 Å². The van der Waals surface area contributed by atoms with Gasteiger partial charge in [-0.15, -0.1) is 11.3 Å². The Bertz CT molecular complexity index is 1440. The van der Waals surface area contributed by atoms with Crippen molar-refractivity contribution in [3.05, 3.63) is 72.4 Å². The number of aromatic nitrogens is 2. The summed E-state index contributed by atoms with van der Waals surface area (Å²) in [5.41, 5.74) is 0.667. The van der Waals surface area contributed by atoms with Crippen LogP contribution in [0.4, 0.5) is 8.78 Å². The summed E-state index contributed by atoms with van der Waals surface area (Å²) >= 11 is 1.38. The number of nitrogens with zero attached hydrogens (tertiary/aromatic N) is 2. The second kappa shape index (κ2) is 8.94.